The lowest BCUT2D eigenvalue weighted by Crippen LogP contribution is -2.60. The van der Waals surface area contributed by atoms with Gasteiger partial charge >= 0.3 is 23.9 Å². The van der Waals surface area contributed by atoms with Gasteiger partial charge in [0.25, 0.3) is 5.91 Å². The van der Waals surface area contributed by atoms with E-state index < -0.39 is 176 Å². The second-order valence-electron chi connectivity index (χ2n) is 17.5. The van der Waals surface area contributed by atoms with Crippen LogP contribution in [0.5, 0.6) is 0 Å². The number of aliphatic hydroxyl groups excluding tert-OH is 1. The number of aliphatic hydroxyl groups is 1. The molecule has 30 nitrogen and oxygen atoms in total. The van der Waals surface area contributed by atoms with Gasteiger partial charge in [-0.15, -0.1) is 0 Å². The van der Waals surface area contributed by atoms with Gasteiger partial charge in [0.05, 0.1) is 31.8 Å². The minimum absolute atomic E-state index is 0.0221. The molecule has 73 heavy (non-hydrogen) atoms. The molecule has 31 heteroatoms. The molecule has 2 saturated heterocycles. The van der Waals surface area contributed by atoms with Crippen LogP contribution in [0.3, 0.4) is 0 Å². The van der Waals surface area contributed by atoms with Crippen LogP contribution in [0.1, 0.15) is 79.1 Å². The predicted molar refractivity (Wildman–Crippen MR) is 250 cm³/mol. The zero-order chi connectivity index (χ0) is 55.4. The molecule has 408 valence electrons. The summed E-state index contributed by atoms with van der Waals surface area (Å²) in [6, 6.07) is -14.0. The van der Waals surface area contributed by atoms with Gasteiger partial charge in [0.2, 0.25) is 53.2 Å². The van der Waals surface area contributed by atoms with E-state index in [9.17, 15) is 82.4 Å². The molecule has 10 unspecified atom stereocenters. The van der Waals surface area contributed by atoms with Crippen molar-refractivity contribution in [2.24, 2.45) is 5.92 Å². The van der Waals surface area contributed by atoms with Crippen molar-refractivity contribution in [2.75, 3.05) is 32.1 Å². The summed E-state index contributed by atoms with van der Waals surface area (Å²) in [6.45, 7) is 5.49. The number of carbonyl (C=O) groups is 14. The van der Waals surface area contributed by atoms with Gasteiger partial charge in [0.1, 0.15) is 54.4 Å². The molecule has 2 rings (SSSR count). The molecule has 2 heterocycles. The quantitative estimate of drug-likeness (QED) is 0.0307. The number of carboxylic acids is 4. The lowest BCUT2D eigenvalue weighted by molar-refractivity contribution is -0.147. The highest BCUT2D eigenvalue weighted by Crippen LogP contribution is 2.26. The Morgan fingerprint density at radius 3 is 1.63 bits per heavy atom. The van der Waals surface area contributed by atoms with Crippen molar-refractivity contribution in [1.29, 1.82) is 0 Å². The summed E-state index contributed by atoms with van der Waals surface area (Å²) >= 11 is 1.34. The summed E-state index contributed by atoms with van der Waals surface area (Å²) < 4.78 is 0. The molecule has 0 aliphatic carbocycles. The van der Waals surface area contributed by atoms with Crippen molar-refractivity contribution < 1.29 is 92.7 Å². The Morgan fingerprint density at radius 2 is 1.12 bits per heavy atom. The number of fused-ring (bicyclic) bond motifs is 1. The summed E-state index contributed by atoms with van der Waals surface area (Å²) in [5.41, 5.74) is 0. The van der Waals surface area contributed by atoms with E-state index in [0.29, 0.717) is 5.75 Å². The third-order valence-electron chi connectivity index (χ3n) is 11.1. The number of likely N-dealkylation sites (N-methyl/N-ethyl adjacent to an activating group) is 1. The number of nitrogens with zero attached hydrogens (tertiary/aromatic N) is 2. The van der Waals surface area contributed by atoms with Crippen LogP contribution >= 0.6 is 11.8 Å². The van der Waals surface area contributed by atoms with Gasteiger partial charge in [-0.2, -0.15) is 11.8 Å². The summed E-state index contributed by atoms with van der Waals surface area (Å²) in [5.74, 6) is -15.8. The van der Waals surface area contributed by atoms with E-state index in [0.717, 1.165) is 19.0 Å². The van der Waals surface area contributed by atoms with E-state index in [1.165, 1.54) is 23.7 Å². The lowest BCUT2D eigenvalue weighted by Gasteiger charge is -2.27. The van der Waals surface area contributed by atoms with Gasteiger partial charge in [0, 0.05) is 26.6 Å². The third-order valence-corrected chi connectivity index (χ3v) is 11.7. The van der Waals surface area contributed by atoms with Crippen LogP contribution in [-0.4, -0.2) is 211 Å². The number of rotatable bonds is 31. The van der Waals surface area contributed by atoms with Crippen molar-refractivity contribution in [3.05, 3.63) is 0 Å². The standard InChI is InChI=1S/C42H65N11O19S/c1-18(2)13-22(38(68)48-25(16-32(62)63)39(69)47-23(14-30(58)59)35(65)43-5)46-34(64)19(3)44-37(67)24(15-31(60)61)49-40(70)27-9-11-52-17-26(42(72)53(27)52)50-41(71)33(20(4)54)51-36(66)21(10-12-73-6)45-28(55)7-8-29(56)57/h18-27,33,54H,7-17H2,1-6H3,(H,43,65)(H,44,67)(H,45,55)(H,46,64)(H,47,69)(H,48,68)(H,49,70)(H,50,71)(H,51,66)(H,56,57)(H,58,59)(H,60,61)(H,62,63). The number of hydrogen-bond acceptors (Lipinski definition) is 17. The molecular weight excluding hydrogens is 995 g/mol. The Kier molecular flexibility index (Phi) is 24.9. The van der Waals surface area contributed by atoms with Crippen molar-refractivity contribution in [3.8, 4) is 0 Å². The summed E-state index contributed by atoms with van der Waals surface area (Å²) in [6.07, 6.45) is -3.75. The molecule has 0 aromatic rings. The van der Waals surface area contributed by atoms with Crippen molar-refractivity contribution in [1.82, 2.24) is 57.9 Å². The number of hydrogen-bond donors (Lipinski definition) is 14. The first-order valence-electron chi connectivity index (χ1n) is 22.9. The average Bonchev–Trinajstić information content (AvgIpc) is 3.85. The van der Waals surface area contributed by atoms with E-state index in [1.54, 1.807) is 20.1 Å². The minimum Gasteiger partial charge on any atom is -0.481 e. The average molecular weight is 1060 g/mol. The predicted octanol–water partition coefficient (Wildman–Crippen LogP) is -6.07. The van der Waals surface area contributed by atoms with Crippen LogP contribution in [0.15, 0.2) is 0 Å². The van der Waals surface area contributed by atoms with Crippen LogP contribution in [0.2, 0.25) is 0 Å². The maximum Gasteiger partial charge on any atom is 0.305 e. The summed E-state index contributed by atoms with van der Waals surface area (Å²) in [4.78, 5) is 178. The fraction of sp³-hybridized carbons (Fsp3) is 0.667. The van der Waals surface area contributed by atoms with Gasteiger partial charge in [-0.05, 0) is 51.0 Å². The highest BCUT2D eigenvalue weighted by Gasteiger charge is 2.50. The Hall–Kier alpha value is -7.15. The molecule has 0 aromatic heterocycles. The van der Waals surface area contributed by atoms with Crippen molar-refractivity contribution in [3.63, 3.8) is 0 Å². The molecule has 0 aromatic carbocycles. The van der Waals surface area contributed by atoms with Crippen LogP contribution in [0.25, 0.3) is 0 Å². The molecule has 10 amide bonds. The van der Waals surface area contributed by atoms with Crippen LogP contribution < -0.4 is 47.9 Å². The fourth-order valence-corrected chi connectivity index (χ4v) is 7.87. The number of carboxylic acid groups (broad SMARTS) is 4. The molecule has 0 radical (unpaired) electrons. The Labute approximate surface area is 421 Å². The first-order valence-corrected chi connectivity index (χ1v) is 24.2. The van der Waals surface area contributed by atoms with Gasteiger partial charge in [-0.3, -0.25) is 72.1 Å². The molecule has 2 aliphatic rings. The molecule has 2 aliphatic heterocycles. The Bertz CT molecular complexity index is 2110. The largest absolute Gasteiger partial charge is 0.481 e. The highest BCUT2D eigenvalue weighted by molar-refractivity contribution is 7.98. The Morgan fingerprint density at radius 1 is 0.616 bits per heavy atom. The molecule has 0 spiro atoms. The van der Waals surface area contributed by atoms with Gasteiger partial charge in [-0.25, -0.2) is 5.01 Å². The van der Waals surface area contributed by atoms with Crippen molar-refractivity contribution >= 4 is 94.7 Å². The number of amides is 10. The van der Waals surface area contributed by atoms with Crippen LogP contribution in [0.4, 0.5) is 0 Å². The topological polar surface area (TPSA) is 455 Å². The van der Waals surface area contributed by atoms with E-state index in [-0.39, 0.29) is 38.3 Å². The smallest absolute Gasteiger partial charge is 0.305 e. The number of nitrogens with one attached hydrogen (secondary N) is 9. The molecule has 0 bridgehead atoms. The minimum atomic E-state index is -1.87. The van der Waals surface area contributed by atoms with E-state index in [4.69, 9.17) is 10.2 Å². The monoisotopic (exact) mass is 1060 g/mol. The normalized spacial score (nSPS) is 18.4. The molecular formula is C42H65N11O19S. The third kappa shape index (κ3) is 20.1. The van der Waals surface area contributed by atoms with E-state index in [1.807, 2.05) is 0 Å². The highest BCUT2D eigenvalue weighted by atomic mass is 32.2. The van der Waals surface area contributed by atoms with Gasteiger partial charge in [0.15, 0.2) is 0 Å². The number of hydrazine groups is 1. The van der Waals surface area contributed by atoms with Gasteiger partial charge in [-0.1, -0.05) is 13.8 Å². The number of carbonyl (C=O) groups excluding carboxylic acids is 10. The first kappa shape index (κ1) is 62.0. The second-order valence-corrected chi connectivity index (χ2v) is 18.5. The van der Waals surface area contributed by atoms with Crippen LogP contribution in [-0.2, 0) is 67.1 Å². The molecule has 2 fully saturated rings. The fourth-order valence-electron chi connectivity index (χ4n) is 7.40. The number of aliphatic carboxylic acids is 4. The van der Waals surface area contributed by atoms with E-state index in [2.05, 4.69) is 47.9 Å². The zero-order valence-corrected chi connectivity index (χ0v) is 41.7. The maximum atomic E-state index is 13.7. The molecule has 10 atom stereocenters. The Balaban J connectivity index is 2.18. The van der Waals surface area contributed by atoms with Crippen molar-refractivity contribution in [2.45, 2.75) is 140 Å². The second kappa shape index (κ2) is 29.4. The van der Waals surface area contributed by atoms with Crippen LogP contribution in [0, 0.1) is 5.92 Å². The first-order chi connectivity index (χ1) is 34.1. The SMILES string of the molecule is CNC(=O)C(CC(=O)O)NC(=O)C(CC(=O)O)NC(=O)C(CC(C)C)NC(=O)C(C)NC(=O)C(CC(=O)O)NC(=O)C1CCN2CC(NC(=O)C(NC(=O)C(CCSC)NC(=O)CCC(=O)O)C(C)O)C(=O)N12. The maximum absolute atomic E-state index is 13.7. The molecule has 14 N–H and O–H groups in total. The van der Waals surface area contributed by atoms with E-state index >= 15 is 0 Å². The summed E-state index contributed by atoms with van der Waals surface area (Å²) in [5, 5.41) is 70.5. The lowest BCUT2D eigenvalue weighted by atomic mass is 10.0. The summed E-state index contributed by atoms with van der Waals surface area (Å²) in [7, 11) is 1.16. The molecule has 0 saturated carbocycles. The zero-order valence-electron chi connectivity index (χ0n) is 40.9. The number of thioether (sulfide) groups is 1. The van der Waals surface area contributed by atoms with Gasteiger partial charge < -0.3 is 73.4 Å².